The Morgan fingerprint density at radius 3 is 2.61 bits per heavy atom. The van der Waals surface area contributed by atoms with E-state index in [0.29, 0.717) is 5.92 Å². The van der Waals surface area contributed by atoms with Crippen LogP contribution in [-0.2, 0) is 6.42 Å². The fraction of sp³-hybridized carbons (Fsp3) is 0.600. The summed E-state index contributed by atoms with van der Waals surface area (Å²) in [5.74, 6) is 2.23. The number of hydrogen-bond donors (Lipinski definition) is 1. The normalized spacial score (nSPS) is 31.8. The molecular weight excluding hydrogens is 293 g/mol. The van der Waals surface area contributed by atoms with Crippen LogP contribution in [0.2, 0.25) is 0 Å². The summed E-state index contributed by atoms with van der Waals surface area (Å²) in [5, 5.41) is 0. The SMILES string of the molecule is NC(Cc1cc(F)ccc1Br)C1C2CCCCC21. The van der Waals surface area contributed by atoms with E-state index in [-0.39, 0.29) is 11.9 Å². The van der Waals surface area contributed by atoms with Crippen molar-refractivity contribution in [2.75, 3.05) is 0 Å². The third-order valence-electron chi connectivity index (χ3n) is 4.68. The monoisotopic (exact) mass is 311 g/mol. The molecule has 3 heteroatoms. The Labute approximate surface area is 116 Å². The fourth-order valence-electron chi connectivity index (χ4n) is 3.77. The number of rotatable bonds is 3. The van der Waals surface area contributed by atoms with Gasteiger partial charge >= 0.3 is 0 Å². The molecule has 3 unspecified atom stereocenters. The lowest BCUT2D eigenvalue weighted by Gasteiger charge is -2.13. The van der Waals surface area contributed by atoms with Gasteiger partial charge in [0.25, 0.3) is 0 Å². The van der Waals surface area contributed by atoms with E-state index in [1.165, 1.54) is 31.7 Å². The fourth-order valence-corrected chi connectivity index (χ4v) is 4.18. The summed E-state index contributed by atoms with van der Waals surface area (Å²) in [7, 11) is 0. The molecule has 0 aromatic heterocycles. The second-order valence-corrected chi connectivity index (χ2v) is 6.65. The molecule has 1 nitrogen and oxygen atoms in total. The van der Waals surface area contributed by atoms with Crippen molar-refractivity contribution >= 4 is 15.9 Å². The Hall–Kier alpha value is -0.410. The molecule has 1 aromatic carbocycles. The molecule has 2 fully saturated rings. The molecule has 2 saturated carbocycles. The molecule has 98 valence electrons. The lowest BCUT2D eigenvalue weighted by Crippen LogP contribution is -2.27. The minimum Gasteiger partial charge on any atom is -0.327 e. The maximum atomic E-state index is 13.2. The van der Waals surface area contributed by atoms with Crippen LogP contribution in [0.15, 0.2) is 22.7 Å². The molecule has 18 heavy (non-hydrogen) atoms. The zero-order valence-corrected chi connectivity index (χ0v) is 12.0. The van der Waals surface area contributed by atoms with E-state index >= 15 is 0 Å². The van der Waals surface area contributed by atoms with Gasteiger partial charge in [0.1, 0.15) is 5.82 Å². The van der Waals surface area contributed by atoms with Crippen LogP contribution in [0.3, 0.4) is 0 Å². The first-order valence-corrected chi connectivity index (χ1v) is 7.65. The summed E-state index contributed by atoms with van der Waals surface area (Å²) in [6, 6.07) is 5.06. The van der Waals surface area contributed by atoms with E-state index < -0.39 is 0 Å². The minimum absolute atomic E-state index is 0.173. The first kappa shape index (κ1) is 12.6. The molecule has 3 rings (SSSR count). The molecule has 0 saturated heterocycles. The van der Waals surface area contributed by atoms with Crippen LogP contribution in [0, 0.1) is 23.6 Å². The highest BCUT2D eigenvalue weighted by Crippen LogP contribution is 2.56. The van der Waals surface area contributed by atoms with E-state index in [9.17, 15) is 4.39 Å². The molecule has 0 aliphatic heterocycles. The van der Waals surface area contributed by atoms with Crippen molar-refractivity contribution in [1.29, 1.82) is 0 Å². The molecular formula is C15H19BrFN. The highest BCUT2D eigenvalue weighted by atomic mass is 79.9. The summed E-state index contributed by atoms with van der Waals surface area (Å²) in [6.07, 6.45) is 6.23. The van der Waals surface area contributed by atoms with Gasteiger partial charge in [-0.3, -0.25) is 0 Å². The molecule has 2 N–H and O–H groups in total. The van der Waals surface area contributed by atoms with Crippen LogP contribution >= 0.6 is 15.9 Å². The second kappa shape index (κ2) is 4.93. The van der Waals surface area contributed by atoms with Gasteiger partial charge < -0.3 is 5.73 Å². The standard InChI is InChI=1S/C15H19BrFN/c16-13-6-5-10(17)7-9(13)8-14(18)15-11-3-1-2-4-12(11)15/h5-7,11-12,14-15H,1-4,8,18H2. The zero-order valence-electron chi connectivity index (χ0n) is 10.4. The van der Waals surface area contributed by atoms with E-state index in [2.05, 4.69) is 15.9 Å². The number of nitrogens with two attached hydrogens (primary N) is 1. The van der Waals surface area contributed by atoms with Crippen LogP contribution in [0.25, 0.3) is 0 Å². The van der Waals surface area contributed by atoms with Gasteiger partial charge in [-0.05, 0) is 60.8 Å². The summed E-state index contributed by atoms with van der Waals surface area (Å²) >= 11 is 3.48. The molecule has 0 bridgehead atoms. The zero-order chi connectivity index (χ0) is 12.7. The lowest BCUT2D eigenvalue weighted by molar-refractivity contribution is 0.480. The largest absolute Gasteiger partial charge is 0.327 e. The van der Waals surface area contributed by atoms with Gasteiger partial charge in [-0.2, -0.15) is 0 Å². The predicted molar refractivity (Wildman–Crippen MR) is 74.7 cm³/mol. The third-order valence-corrected chi connectivity index (χ3v) is 5.45. The summed E-state index contributed by atoms with van der Waals surface area (Å²) in [5.41, 5.74) is 7.35. The van der Waals surface area contributed by atoms with Crippen molar-refractivity contribution < 1.29 is 4.39 Å². The minimum atomic E-state index is -0.173. The van der Waals surface area contributed by atoms with Gasteiger partial charge in [-0.25, -0.2) is 4.39 Å². The van der Waals surface area contributed by atoms with Gasteiger partial charge in [0, 0.05) is 10.5 Å². The first-order chi connectivity index (χ1) is 8.66. The van der Waals surface area contributed by atoms with Gasteiger partial charge in [-0.1, -0.05) is 28.8 Å². The van der Waals surface area contributed by atoms with Crippen molar-refractivity contribution in [3.63, 3.8) is 0 Å². The van der Waals surface area contributed by atoms with Gasteiger partial charge in [0.15, 0.2) is 0 Å². The number of fused-ring (bicyclic) bond motifs is 1. The molecule has 0 radical (unpaired) electrons. The predicted octanol–water partition coefficient (Wildman–Crippen LogP) is 3.89. The molecule has 2 aliphatic rings. The summed E-state index contributed by atoms with van der Waals surface area (Å²) in [4.78, 5) is 0. The molecule has 0 heterocycles. The smallest absolute Gasteiger partial charge is 0.123 e. The van der Waals surface area contributed by atoms with Crippen LogP contribution in [-0.4, -0.2) is 6.04 Å². The third kappa shape index (κ3) is 2.35. The van der Waals surface area contributed by atoms with Crippen molar-refractivity contribution in [1.82, 2.24) is 0 Å². The quantitative estimate of drug-likeness (QED) is 0.900. The highest BCUT2D eigenvalue weighted by molar-refractivity contribution is 9.10. The molecule has 2 aliphatic carbocycles. The Kier molecular flexibility index (Phi) is 3.46. The molecule has 0 amide bonds. The Morgan fingerprint density at radius 2 is 1.94 bits per heavy atom. The van der Waals surface area contributed by atoms with Crippen molar-refractivity contribution in [2.45, 2.75) is 38.1 Å². The Bertz CT molecular complexity index is 436. The van der Waals surface area contributed by atoms with Crippen molar-refractivity contribution in [2.24, 2.45) is 23.5 Å². The van der Waals surface area contributed by atoms with Gasteiger partial charge in [0.2, 0.25) is 0 Å². The van der Waals surface area contributed by atoms with E-state index in [0.717, 1.165) is 28.3 Å². The maximum Gasteiger partial charge on any atom is 0.123 e. The van der Waals surface area contributed by atoms with Crippen LogP contribution < -0.4 is 5.73 Å². The topological polar surface area (TPSA) is 26.0 Å². The van der Waals surface area contributed by atoms with E-state index in [1.54, 1.807) is 12.1 Å². The lowest BCUT2D eigenvalue weighted by atomic mass is 10.0. The second-order valence-electron chi connectivity index (χ2n) is 5.79. The van der Waals surface area contributed by atoms with Crippen LogP contribution in [0.1, 0.15) is 31.2 Å². The molecule has 0 spiro atoms. The summed E-state index contributed by atoms with van der Waals surface area (Å²) < 4.78 is 14.2. The maximum absolute atomic E-state index is 13.2. The first-order valence-electron chi connectivity index (χ1n) is 6.86. The number of halogens is 2. The Balaban J connectivity index is 1.67. The van der Waals surface area contributed by atoms with Gasteiger partial charge in [-0.15, -0.1) is 0 Å². The highest BCUT2D eigenvalue weighted by Gasteiger charge is 2.52. The van der Waals surface area contributed by atoms with E-state index in [1.807, 2.05) is 0 Å². The van der Waals surface area contributed by atoms with Gasteiger partial charge in [0.05, 0.1) is 0 Å². The average molecular weight is 312 g/mol. The Morgan fingerprint density at radius 1 is 1.28 bits per heavy atom. The van der Waals surface area contributed by atoms with Crippen LogP contribution in [0.5, 0.6) is 0 Å². The average Bonchev–Trinajstić information content (AvgIpc) is 3.08. The molecule has 1 aromatic rings. The van der Waals surface area contributed by atoms with Crippen molar-refractivity contribution in [3.8, 4) is 0 Å². The van der Waals surface area contributed by atoms with Crippen molar-refractivity contribution in [3.05, 3.63) is 34.1 Å². The summed E-state index contributed by atoms with van der Waals surface area (Å²) in [6.45, 7) is 0. The van der Waals surface area contributed by atoms with Crippen LogP contribution in [0.4, 0.5) is 4.39 Å². The van der Waals surface area contributed by atoms with E-state index in [4.69, 9.17) is 5.73 Å². The number of hydrogen-bond acceptors (Lipinski definition) is 1. The number of benzene rings is 1. The molecule has 3 atom stereocenters.